The second kappa shape index (κ2) is 10.4. The smallest absolute Gasteiger partial charge is 0.481 e. The number of aliphatic carboxylic acids is 1. The Bertz CT molecular complexity index is 1200. The third kappa shape index (κ3) is 6.12. The predicted octanol–water partition coefficient (Wildman–Crippen LogP) is 7.33. The molecule has 1 saturated carbocycles. The van der Waals surface area contributed by atoms with Gasteiger partial charge in [0.2, 0.25) is 5.95 Å². The Kier molecular flexibility index (Phi) is 7.47. The second-order valence-corrected chi connectivity index (χ2v) is 10.1. The number of aryl methyl sites for hydroxylation is 1. The first kappa shape index (κ1) is 25.9. The zero-order valence-electron chi connectivity index (χ0n) is 20.7. The fourth-order valence-electron chi connectivity index (χ4n) is 5.29. The highest BCUT2D eigenvalue weighted by Crippen LogP contribution is 2.44. The van der Waals surface area contributed by atoms with Crippen LogP contribution in [0.15, 0.2) is 42.5 Å². The molecule has 1 aliphatic rings. The number of nitrogens with zero attached hydrogens (tertiary/aromatic N) is 2. The predicted molar refractivity (Wildman–Crippen MR) is 132 cm³/mol. The van der Waals surface area contributed by atoms with Crippen molar-refractivity contribution in [2.24, 2.45) is 17.8 Å². The van der Waals surface area contributed by atoms with E-state index in [0.29, 0.717) is 35.8 Å². The quantitative estimate of drug-likeness (QED) is 0.337. The third-order valence-electron chi connectivity index (χ3n) is 7.04. The largest absolute Gasteiger partial charge is 0.573 e. The van der Waals surface area contributed by atoms with Gasteiger partial charge in [0.25, 0.3) is 0 Å². The lowest BCUT2D eigenvalue weighted by Gasteiger charge is -2.39. The van der Waals surface area contributed by atoms with Gasteiger partial charge in [-0.2, -0.15) is 0 Å². The highest BCUT2D eigenvalue weighted by molar-refractivity contribution is 5.81. The van der Waals surface area contributed by atoms with E-state index in [9.17, 15) is 18.0 Å². The first-order chi connectivity index (χ1) is 17.0. The summed E-state index contributed by atoms with van der Waals surface area (Å²) in [6, 6.07) is 11.7. The van der Waals surface area contributed by atoms with Crippen molar-refractivity contribution < 1.29 is 27.8 Å². The summed E-state index contributed by atoms with van der Waals surface area (Å²) in [5, 5.41) is 12.4. The van der Waals surface area contributed by atoms with Gasteiger partial charge >= 0.3 is 12.3 Å². The van der Waals surface area contributed by atoms with Gasteiger partial charge in [-0.25, -0.2) is 4.98 Å². The number of alkyl halides is 3. The molecule has 0 amide bonds. The van der Waals surface area contributed by atoms with Gasteiger partial charge in [0.15, 0.2) is 0 Å². The number of ether oxygens (including phenoxy) is 1. The molecule has 1 fully saturated rings. The van der Waals surface area contributed by atoms with Crippen LogP contribution >= 0.6 is 0 Å². The van der Waals surface area contributed by atoms with E-state index < -0.39 is 12.3 Å². The zero-order chi connectivity index (χ0) is 26.0. The van der Waals surface area contributed by atoms with E-state index in [1.165, 1.54) is 30.7 Å². The highest BCUT2D eigenvalue weighted by atomic mass is 19.4. The molecule has 6 nitrogen and oxygen atoms in total. The van der Waals surface area contributed by atoms with E-state index in [2.05, 4.69) is 35.4 Å². The Labute approximate surface area is 208 Å². The molecule has 36 heavy (non-hydrogen) atoms. The van der Waals surface area contributed by atoms with E-state index in [-0.39, 0.29) is 18.2 Å². The molecule has 0 saturated heterocycles. The minimum Gasteiger partial charge on any atom is -0.481 e. The van der Waals surface area contributed by atoms with Crippen molar-refractivity contribution in [1.82, 2.24) is 9.55 Å². The van der Waals surface area contributed by atoms with Crippen LogP contribution < -0.4 is 10.1 Å². The van der Waals surface area contributed by atoms with Crippen molar-refractivity contribution in [2.45, 2.75) is 65.3 Å². The molecule has 0 aliphatic heterocycles. The maximum atomic E-state index is 12.5. The summed E-state index contributed by atoms with van der Waals surface area (Å²) in [4.78, 5) is 15.9. The lowest BCUT2D eigenvalue weighted by Crippen LogP contribution is -2.30. The first-order valence-electron chi connectivity index (χ1n) is 12.4. The van der Waals surface area contributed by atoms with E-state index in [1.54, 1.807) is 0 Å². The van der Waals surface area contributed by atoms with Crippen molar-refractivity contribution in [3.63, 3.8) is 0 Å². The molecule has 0 spiro atoms. The topological polar surface area (TPSA) is 76.4 Å². The molecule has 1 aromatic heterocycles. The molecule has 0 radical (unpaired) electrons. The molecule has 194 valence electrons. The fraction of sp³-hybridized carbons (Fsp3) is 0.481. The average molecular weight is 504 g/mol. The number of halogens is 3. The number of rotatable bonds is 8. The van der Waals surface area contributed by atoms with Crippen LogP contribution in [0.3, 0.4) is 0 Å². The minimum atomic E-state index is -4.75. The summed E-state index contributed by atoms with van der Waals surface area (Å²) in [6.45, 7) is 6.74. The van der Waals surface area contributed by atoms with E-state index >= 15 is 0 Å². The Morgan fingerprint density at radius 2 is 1.92 bits per heavy atom. The van der Waals surface area contributed by atoms with Crippen LogP contribution in [0.4, 0.5) is 24.8 Å². The van der Waals surface area contributed by atoms with E-state index in [4.69, 9.17) is 10.1 Å². The molecule has 9 heteroatoms. The number of carbonyl (C=O) groups is 1. The Hall–Kier alpha value is -3.23. The summed E-state index contributed by atoms with van der Waals surface area (Å²) in [5.74, 6) is 0.968. The molecule has 0 bridgehead atoms. The summed E-state index contributed by atoms with van der Waals surface area (Å²) in [7, 11) is 0. The number of carboxylic acid groups (broad SMARTS) is 1. The molecule has 4 rings (SSSR count). The zero-order valence-corrected chi connectivity index (χ0v) is 20.7. The molecule has 2 aromatic carbocycles. The number of benzene rings is 2. The number of aromatic nitrogens is 2. The maximum Gasteiger partial charge on any atom is 0.573 e. The van der Waals surface area contributed by atoms with E-state index in [0.717, 1.165) is 29.4 Å². The van der Waals surface area contributed by atoms with Crippen molar-refractivity contribution in [3.8, 4) is 5.75 Å². The number of imidazole rings is 1. The van der Waals surface area contributed by atoms with Crippen LogP contribution in [0.25, 0.3) is 11.0 Å². The Morgan fingerprint density at radius 3 is 2.56 bits per heavy atom. The third-order valence-corrected chi connectivity index (χ3v) is 7.04. The van der Waals surface area contributed by atoms with Crippen molar-refractivity contribution in [1.29, 1.82) is 0 Å². The van der Waals surface area contributed by atoms with Gasteiger partial charge in [-0.15, -0.1) is 13.2 Å². The van der Waals surface area contributed by atoms with Gasteiger partial charge in [0, 0.05) is 18.2 Å². The molecule has 2 N–H and O–H groups in total. The van der Waals surface area contributed by atoms with E-state index in [1.807, 2.05) is 18.2 Å². The fourth-order valence-corrected chi connectivity index (χ4v) is 5.29. The molecular weight excluding hydrogens is 471 g/mol. The maximum absolute atomic E-state index is 12.5. The van der Waals surface area contributed by atoms with Crippen LogP contribution in [0.2, 0.25) is 0 Å². The van der Waals surface area contributed by atoms with Crippen LogP contribution in [0.1, 0.15) is 58.1 Å². The second-order valence-electron chi connectivity index (χ2n) is 10.1. The molecule has 0 unspecified atom stereocenters. The lowest BCUT2D eigenvalue weighted by molar-refractivity contribution is -0.274. The molecule has 1 aliphatic carbocycles. The van der Waals surface area contributed by atoms with Gasteiger partial charge < -0.3 is 19.7 Å². The number of carboxylic acids is 1. The Balaban J connectivity index is 1.73. The molecule has 3 atom stereocenters. The summed E-state index contributed by atoms with van der Waals surface area (Å²) < 4.78 is 43.9. The number of hydrogen-bond acceptors (Lipinski definition) is 4. The number of fused-ring (bicyclic) bond motifs is 1. The molecule has 3 aromatic rings. The standard InChI is InChI=1S/C27H32F3N3O3/c1-16(2)21-11-4-17(3)14-24(21)33-23-12-5-18(6-13-25(34)35)15-22(23)32-26(33)31-19-7-9-20(10-8-19)36-27(28,29)30/h5,7-10,12,15-17,21,24H,4,6,11,13-14H2,1-3H3,(H,31,32)(H,34,35)/t17-,21+,24-/m1/s1. The summed E-state index contributed by atoms with van der Waals surface area (Å²) in [5.41, 5.74) is 3.21. The highest BCUT2D eigenvalue weighted by Gasteiger charge is 2.34. The summed E-state index contributed by atoms with van der Waals surface area (Å²) in [6.07, 6.45) is -1.000. The van der Waals surface area contributed by atoms with Crippen LogP contribution in [-0.2, 0) is 11.2 Å². The van der Waals surface area contributed by atoms with Crippen molar-refractivity contribution >= 4 is 28.6 Å². The Morgan fingerprint density at radius 1 is 1.19 bits per heavy atom. The van der Waals surface area contributed by atoms with Gasteiger partial charge in [-0.3, -0.25) is 4.79 Å². The number of hydrogen-bond donors (Lipinski definition) is 2. The first-order valence-corrected chi connectivity index (χ1v) is 12.4. The van der Waals surface area contributed by atoms with Crippen LogP contribution in [0.5, 0.6) is 5.75 Å². The minimum absolute atomic E-state index is 0.0409. The SMILES string of the molecule is CC(C)[C@@H]1CC[C@@H](C)C[C@H]1n1c(Nc2ccc(OC(F)(F)F)cc2)nc2cc(CCC(=O)O)ccc21. The number of nitrogens with one attached hydrogen (secondary N) is 1. The van der Waals surface area contributed by atoms with Gasteiger partial charge in [0.05, 0.1) is 11.0 Å². The summed E-state index contributed by atoms with van der Waals surface area (Å²) >= 11 is 0. The van der Waals surface area contributed by atoms with Crippen molar-refractivity contribution in [2.75, 3.05) is 5.32 Å². The van der Waals surface area contributed by atoms with Crippen molar-refractivity contribution in [3.05, 3.63) is 48.0 Å². The lowest BCUT2D eigenvalue weighted by atomic mass is 9.74. The van der Waals surface area contributed by atoms with Gasteiger partial charge in [-0.1, -0.05) is 33.3 Å². The normalized spacial score (nSPS) is 20.6. The average Bonchev–Trinajstić information content (AvgIpc) is 3.14. The van der Waals surface area contributed by atoms with Crippen LogP contribution in [-0.4, -0.2) is 27.0 Å². The molecular formula is C27H32F3N3O3. The monoisotopic (exact) mass is 503 g/mol. The van der Waals surface area contributed by atoms with Gasteiger partial charge in [0.1, 0.15) is 5.75 Å². The van der Waals surface area contributed by atoms with Gasteiger partial charge in [-0.05, 0) is 79.0 Å². The van der Waals surface area contributed by atoms with Crippen LogP contribution in [0, 0.1) is 17.8 Å². The number of anilines is 2. The molecule has 1 heterocycles.